The van der Waals surface area contributed by atoms with Gasteiger partial charge in [-0.05, 0) is 19.9 Å². The summed E-state index contributed by atoms with van der Waals surface area (Å²) in [6.07, 6.45) is 0. The van der Waals surface area contributed by atoms with Crippen LogP contribution in [-0.4, -0.2) is 5.11 Å². The summed E-state index contributed by atoms with van der Waals surface area (Å²) in [5.74, 6) is -6.08. The third-order valence-electron chi connectivity index (χ3n) is 3.12. The van der Waals surface area contributed by atoms with Gasteiger partial charge in [-0.2, -0.15) is 0 Å². The van der Waals surface area contributed by atoms with Gasteiger partial charge in [0, 0.05) is 11.6 Å². The van der Waals surface area contributed by atoms with Gasteiger partial charge in [0.25, 0.3) is 0 Å². The summed E-state index contributed by atoms with van der Waals surface area (Å²) in [6.45, 7) is 3.29. The van der Waals surface area contributed by atoms with Crippen LogP contribution in [0.25, 0.3) is 0 Å². The maximum Gasteiger partial charge on any atom is 0.185 e. The van der Waals surface area contributed by atoms with E-state index in [0.29, 0.717) is 5.56 Å². The van der Waals surface area contributed by atoms with Gasteiger partial charge in [-0.15, -0.1) is 0 Å². The molecule has 0 saturated heterocycles. The molecule has 2 rings (SSSR count). The number of anilines is 1. The van der Waals surface area contributed by atoms with Gasteiger partial charge in [-0.1, -0.05) is 17.7 Å². The fourth-order valence-corrected chi connectivity index (χ4v) is 2.01. The zero-order valence-electron chi connectivity index (χ0n) is 11.3. The second kappa shape index (κ2) is 5.63. The molecule has 0 fully saturated rings. The van der Waals surface area contributed by atoms with E-state index in [-0.39, 0.29) is 11.8 Å². The molecule has 0 radical (unpaired) electrons. The number of nitrogens with one attached hydrogen (secondary N) is 1. The van der Waals surface area contributed by atoms with E-state index in [1.54, 1.807) is 19.1 Å². The normalized spacial score (nSPS) is 12.3. The van der Waals surface area contributed by atoms with Gasteiger partial charge in [-0.3, -0.25) is 0 Å². The van der Waals surface area contributed by atoms with Gasteiger partial charge >= 0.3 is 0 Å². The smallest absolute Gasteiger partial charge is 0.185 e. The Morgan fingerprint density at radius 1 is 1.00 bits per heavy atom. The SMILES string of the molecule is Cc1ccc(O)c(C(C)Nc2c(F)c(F)cc(F)c2F)c1. The molecule has 2 aromatic carbocycles. The van der Waals surface area contributed by atoms with Crippen LogP contribution in [0.1, 0.15) is 24.1 Å². The highest BCUT2D eigenvalue weighted by molar-refractivity contribution is 5.51. The lowest BCUT2D eigenvalue weighted by Gasteiger charge is -2.18. The van der Waals surface area contributed by atoms with Crippen molar-refractivity contribution >= 4 is 5.69 Å². The molecule has 0 aliphatic rings. The number of rotatable bonds is 3. The van der Waals surface area contributed by atoms with Crippen molar-refractivity contribution in [2.45, 2.75) is 19.9 Å². The summed E-state index contributed by atoms with van der Waals surface area (Å²) >= 11 is 0. The second-order valence-electron chi connectivity index (χ2n) is 4.77. The maximum absolute atomic E-state index is 13.6. The average molecular weight is 299 g/mol. The Morgan fingerprint density at radius 2 is 1.57 bits per heavy atom. The molecule has 1 atom stereocenters. The highest BCUT2D eigenvalue weighted by Crippen LogP contribution is 2.31. The summed E-state index contributed by atoms with van der Waals surface area (Å²) < 4.78 is 53.5. The minimum Gasteiger partial charge on any atom is -0.508 e. The molecular weight excluding hydrogens is 286 g/mol. The van der Waals surface area contributed by atoms with Crippen LogP contribution in [0.2, 0.25) is 0 Å². The number of aryl methyl sites for hydroxylation is 1. The fraction of sp³-hybridized carbons (Fsp3) is 0.200. The summed E-state index contributed by atoms with van der Waals surface area (Å²) in [4.78, 5) is 0. The molecular formula is C15H13F4NO. The van der Waals surface area contributed by atoms with Gasteiger partial charge in [0.15, 0.2) is 23.3 Å². The van der Waals surface area contributed by atoms with Gasteiger partial charge in [0.1, 0.15) is 11.4 Å². The van der Waals surface area contributed by atoms with E-state index in [1.165, 1.54) is 13.0 Å². The van der Waals surface area contributed by atoms with Crippen molar-refractivity contribution in [1.82, 2.24) is 0 Å². The van der Waals surface area contributed by atoms with Crippen LogP contribution in [0, 0.1) is 30.2 Å². The quantitative estimate of drug-likeness (QED) is 0.649. The van der Waals surface area contributed by atoms with Crippen LogP contribution < -0.4 is 5.32 Å². The largest absolute Gasteiger partial charge is 0.508 e. The Morgan fingerprint density at radius 3 is 2.14 bits per heavy atom. The van der Waals surface area contributed by atoms with E-state index in [1.807, 2.05) is 0 Å². The average Bonchev–Trinajstić information content (AvgIpc) is 2.43. The minimum atomic E-state index is -1.51. The Balaban J connectivity index is 2.40. The molecule has 2 nitrogen and oxygen atoms in total. The van der Waals surface area contributed by atoms with Crippen LogP contribution in [0.5, 0.6) is 5.75 Å². The molecule has 6 heteroatoms. The van der Waals surface area contributed by atoms with Gasteiger partial charge in [0.2, 0.25) is 0 Å². The number of hydrogen-bond acceptors (Lipinski definition) is 2. The third kappa shape index (κ3) is 2.94. The first-order valence-electron chi connectivity index (χ1n) is 6.20. The first-order valence-corrected chi connectivity index (χ1v) is 6.20. The molecule has 0 aromatic heterocycles. The molecule has 0 spiro atoms. The molecule has 0 bridgehead atoms. The predicted octanol–water partition coefficient (Wildman–Crippen LogP) is 4.43. The number of phenolic OH excluding ortho intramolecular Hbond substituents is 1. The summed E-state index contributed by atoms with van der Waals surface area (Å²) in [5, 5.41) is 12.1. The molecule has 21 heavy (non-hydrogen) atoms. The Bertz CT molecular complexity index is 662. The molecule has 0 amide bonds. The Hall–Kier alpha value is -2.24. The van der Waals surface area contributed by atoms with Crippen molar-refractivity contribution in [3.63, 3.8) is 0 Å². The third-order valence-corrected chi connectivity index (χ3v) is 3.12. The van der Waals surface area contributed by atoms with Crippen molar-refractivity contribution in [2.24, 2.45) is 0 Å². The van der Waals surface area contributed by atoms with E-state index in [2.05, 4.69) is 5.32 Å². The number of benzene rings is 2. The lowest BCUT2D eigenvalue weighted by Crippen LogP contribution is -2.12. The molecule has 0 heterocycles. The van der Waals surface area contributed by atoms with Crippen LogP contribution in [0.3, 0.4) is 0 Å². The van der Waals surface area contributed by atoms with Crippen LogP contribution in [-0.2, 0) is 0 Å². The highest BCUT2D eigenvalue weighted by Gasteiger charge is 2.21. The zero-order valence-corrected chi connectivity index (χ0v) is 11.3. The van der Waals surface area contributed by atoms with Crippen molar-refractivity contribution in [2.75, 3.05) is 5.32 Å². The fourth-order valence-electron chi connectivity index (χ4n) is 2.01. The number of phenols is 1. The minimum absolute atomic E-state index is 0.0849. The lowest BCUT2D eigenvalue weighted by atomic mass is 10.0. The first kappa shape index (κ1) is 15.2. The lowest BCUT2D eigenvalue weighted by molar-refractivity contribution is 0.454. The number of halogens is 4. The second-order valence-corrected chi connectivity index (χ2v) is 4.77. The summed E-state index contributed by atoms with van der Waals surface area (Å²) in [5.41, 5.74) is 0.280. The topological polar surface area (TPSA) is 32.3 Å². The number of hydrogen-bond donors (Lipinski definition) is 2. The molecule has 0 aliphatic carbocycles. The molecule has 112 valence electrons. The van der Waals surface area contributed by atoms with Gasteiger partial charge in [-0.25, -0.2) is 17.6 Å². The van der Waals surface area contributed by atoms with Gasteiger partial charge in [0.05, 0.1) is 6.04 Å². The van der Waals surface area contributed by atoms with E-state index in [0.717, 1.165) is 5.56 Å². The van der Waals surface area contributed by atoms with Crippen LogP contribution in [0.4, 0.5) is 23.2 Å². The van der Waals surface area contributed by atoms with Crippen molar-refractivity contribution in [1.29, 1.82) is 0 Å². The highest BCUT2D eigenvalue weighted by atomic mass is 19.2. The predicted molar refractivity (Wildman–Crippen MR) is 71.2 cm³/mol. The van der Waals surface area contributed by atoms with E-state index < -0.39 is 35.0 Å². The monoisotopic (exact) mass is 299 g/mol. The Labute approximate surface area is 119 Å². The molecule has 1 unspecified atom stereocenters. The van der Waals surface area contributed by atoms with Crippen molar-refractivity contribution in [3.8, 4) is 5.75 Å². The summed E-state index contributed by atoms with van der Waals surface area (Å²) in [7, 11) is 0. The Kier molecular flexibility index (Phi) is 4.06. The maximum atomic E-state index is 13.6. The number of aromatic hydroxyl groups is 1. The first-order chi connectivity index (χ1) is 9.81. The summed E-state index contributed by atoms with van der Waals surface area (Å²) in [6, 6.07) is 4.09. The van der Waals surface area contributed by atoms with Crippen molar-refractivity contribution < 1.29 is 22.7 Å². The molecule has 2 aromatic rings. The zero-order chi connectivity index (χ0) is 15.7. The van der Waals surface area contributed by atoms with E-state index in [9.17, 15) is 22.7 Å². The van der Waals surface area contributed by atoms with Crippen LogP contribution in [0.15, 0.2) is 24.3 Å². The molecule has 0 aliphatic heterocycles. The molecule has 2 N–H and O–H groups in total. The van der Waals surface area contributed by atoms with E-state index in [4.69, 9.17) is 0 Å². The van der Waals surface area contributed by atoms with Crippen LogP contribution >= 0.6 is 0 Å². The standard InChI is InChI=1S/C15H13F4NO/c1-7-3-4-12(21)9(5-7)8(2)20-15-13(18)10(16)6-11(17)14(15)19/h3-6,8,20-21H,1-2H3. The molecule has 0 saturated carbocycles. The van der Waals surface area contributed by atoms with E-state index >= 15 is 0 Å². The van der Waals surface area contributed by atoms with Crippen molar-refractivity contribution in [3.05, 3.63) is 58.7 Å². The van der Waals surface area contributed by atoms with Gasteiger partial charge < -0.3 is 10.4 Å².